The maximum absolute atomic E-state index is 12.7. The highest BCUT2D eigenvalue weighted by Gasteiger charge is 2.22. The van der Waals surface area contributed by atoms with E-state index in [1.165, 1.54) is 5.56 Å². The summed E-state index contributed by atoms with van der Waals surface area (Å²) in [7, 11) is -1.10. The van der Waals surface area contributed by atoms with Crippen LogP contribution in [0, 0.1) is 6.92 Å². The molecule has 3 heteroatoms. The van der Waals surface area contributed by atoms with E-state index >= 15 is 0 Å². The van der Waals surface area contributed by atoms with Gasteiger partial charge in [0.2, 0.25) is 0 Å². The summed E-state index contributed by atoms with van der Waals surface area (Å²) in [5.41, 5.74) is 9.77. The molecule has 2 aromatic carbocycles. The number of aryl methyl sites for hydroxylation is 2. The van der Waals surface area contributed by atoms with E-state index in [0.29, 0.717) is 0 Å². The van der Waals surface area contributed by atoms with Gasteiger partial charge in [-0.05, 0) is 49.1 Å². The summed E-state index contributed by atoms with van der Waals surface area (Å²) in [5.74, 6) is 0. The van der Waals surface area contributed by atoms with Crippen molar-refractivity contribution >= 4 is 10.8 Å². The maximum atomic E-state index is 12.7. The Morgan fingerprint density at radius 1 is 1.14 bits per heavy atom. The zero-order valence-corrected chi connectivity index (χ0v) is 13.7. The van der Waals surface area contributed by atoms with Crippen molar-refractivity contribution in [1.82, 2.24) is 0 Å². The Labute approximate surface area is 129 Å². The van der Waals surface area contributed by atoms with Gasteiger partial charge in [0.15, 0.2) is 0 Å². The minimum Gasteiger partial charge on any atom is -0.323 e. The first-order chi connectivity index (χ1) is 10.0. The second-order valence-electron chi connectivity index (χ2n) is 5.44. The minimum atomic E-state index is -1.10. The molecule has 0 saturated carbocycles. The summed E-state index contributed by atoms with van der Waals surface area (Å²) in [6.45, 7) is 6.09. The molecule has 0 fully saturated rings. The number of benzene rings is 2. The van der Waals surface area contributed by atoms with E-state index in [9.17, 15) is 4.21 Å². The molecular formula is C18H23NOS. The zero-order chi connectivity index (χ0) is 15.4. The highest BCUT2D eigenvalue weighted by molar-refractivity contribution is 7.85. The quantitative estimate of drug-likeness (QED) is 0.914. The molecule has 0 amide bonds. The van der Waals surface area contributed by atoms with Crippen molar-refractivity contribution in [2.45, 2.75) is 43.4 Å². The van der Waals surface area contributed by atoms with E-state index < -0.39 is 10.8 Å². The molecule has 2 rings (SSSR count). The molecule has 3 atom stereocenters. The number of hydrogen-bond donors (Lipinski definition) is 1. The average Bonchev–Trinajstić information content (AvgIpc) is 2.53. The molecule has 3 unspecified atom stereocenters. The normalized spacial score (nSPS) is 15.4. The number of hydrogen-bond acceptors (Lipinski definition) is 2. The van der Waals surface area contributed by atoms with Crippen LogP contribution in [0.25, 0.3) is 0 Å². The Morgan fingerprint density at radius 2 is 1.81 bits per heavy atom. The topological polar surface area (TPSA) is 43.1 Å². The molecule has 2 nitrogen and oxygen atoms in total. The van der Waals surface area contributed by atoms with Crippen LogP contribution in [-0.2, 0) is 17.2 Å². The van der Waals surface area contributed by atoms with Crippen LogP contribution in [0.4, 0.5) is 0 Å². The molecule has 0 aliphatic rings. The highest BCUT2D eigenvalue weighted by Crippen LogP contribution is 2.23. The van der Waals surface area contributed by atoms with E-state index in [1.807, 2.05) is 50.2 Å². The molecule has 21 heavy (non-hydrogen) atoms. The van der Waals surface area contributed by atoms with Gasteiger partial charge in [-0.3, -0.25) is 4.21 Å². The second-order valence-corrected chi connectivity index (χ2v) is 7.25. The average molecular weight is 301 g/mol. The molecule has 0 radical (unpaired) electrons. The van der Waals surface area contributed by atoms with Crippen molar-refractivity contribution in [3.8, 4) is 0 Å². The van der Waals surface area contributed by atoms with E-state index in [2.05, 4.69) is 19.1 Å². The Morgan fingerprint density at radius 3 is 2.38 bits per heavy atom. The molecular weight excluding hydrogens is 278 g/mol. The Hall–Kier alpha value is -1.45. The van der Waals surface area contributed by atoms with Crippen LogP contribution in [0.3, 0.4) is 0 Å². The lowest BCUT2D eigenvalue weighted by atomic mass is 10.0. The van der Waals surface area contributed by atoms with Crippen molar-refractivity contribution in [1.29, 1.82) is 0 Å². The first kappa shape index (κ1) is 15.9. The molecule has 0 heterocycles. The van der Waals surface area contributed by atoms with E-state index in [4.69, 9.17) is 5.73 Å². The van der Waals surface area contributed by atoms with Crippen LogP contribution in [-0.4, -0.2) is 9.46 Å². The third kappa shape index (κ3) is 3.80. The lowest BCUT2D eigenvalue weighted by molar-refractivity contribution is 0.643. The van der Waals surface area contributed by atoms with E-state index in [0.717, 1.165) is 22.4 Å². The van der Waals surface area contributed by atoms with E-state index in [1.54, 1.807) is 0 Å². The van der Waals surface area contributed by atoms with Crippen molar-refractivity contribution in [2.75, 3.05) is 0 Å². The van der Waals surface area contributed by atoms with Gasteiger partial charge in [-0.15, -0.1) is 0 Å². The third-order valence-corrected chi connectivity index (χ3v) is 5.53. The van der Waals surface area contributed by atoms with Gasteiger partial charge >= 0.3 is 0 Å². The van der Waals surface area contributed by atoms with Gasteiger partial charge in [0, 0.05) is 10.9 Å². The summed E-state index contributed by atoms with van der Waals surface area (Å²) in [6, 6.07) is 15.9. The van der Waals surface area contributed by atoms with Gasteiger partial charge < -0.3 is 5.73 Å². The van der Waals surface area contributed by atoms with Gasteiger partial charge in [0.25, 0.3) is 0 Å². The van der Waals surface area contributed by atoms with Crippen LogP contribution >= 0.6 is 0 Å². The van der Waals surface area contributed by atoms with Crippen molar-refractivity contribution < 1.29 is 4.21 Å². The Bertz CT molecular complexity index is 621. The Kier molecular flexibility index (Phi) is 5.32. The molecule has 0 spiro atoms. The standard InChI is InChI=1S/C18H23NOS/c1-4-15-8-10-16(11-9-15)18(19)14(3)21(20)17-7-5-6-13(2)12-17/h5-12,14,18H,4,19H2,1-3H3. The van der Waals surface area contributed by atoms with Gasteiger partial charge in [-0.25, -0.2) is 0 Å². The second kappa shape index (κ2) is 7.01. The van der Waals surface area contributed by atoms with Gasteiger partial charge in [0.05, 0.1) is 16.0 Å². The lowest BCUT2D eigenvalue weighted by Crippen LogP contribution is -2.27. The lowest BCUT2D eigenvalue weighted by Gasteiger charge is -2.20. The van der Waals surface area contributed by atoms with E-state index in [-0.39, 0.29) is 11.3 Å². The first-order valence-electron chi connectivity index (χ1n) is 7.34. The smallest absolute Gasteiger partial charge is 0.0577 e. The highest BCUT2D eigenvalue weighted by atomic mass is 32.2. The molecule has 2 N–H and O–H groups in total. The summed E-state index contributed by atoms with van der Waals surface area (Å²) in [4.78, 5) is 0.850. The summed E-state index contributed by atoms with van der Waals surface area (Å²) in [6.07, 6.45) is 1.01. The molecule has 0 saturated heterocycles. The molecule has 0 aliphatic carbocycles. The van der Waals surface area contributed by atoms with Crippen LogP contribution in [0.1, 0.15) is 36.6 Å². The summed E-state index contributed by atoms with van der Waals surface area (Å²) >= 11 is 0. The van der Waals surface area contributed by atoms with Gasteiger partial charge in [-0.2, -0.15) is 0 Å². The fourth-order valence-electron chi connectivity index (χ4n) is 2.33. The maximum Gasteiger partial charge on any atom is 0.0577 e. The fraction of sp³-hybridized carbons (Fsp3) is 0.333. The third-order valence-electron chi connectivity index (χ3n) is 3.84. The fourth-order valence-corrected chi connectivity index (χ4v) is 3.70. The summed E-state index contributed by atoms with van der Waals surface area (Å²) in [5, 5.41) is -0.126. The zero-order valence-electron chi connectivity index (χ0n) is 12.9. The molecule has 112 valence electrons. The Balaban J connectivity index is 2.17. The largest absolute Gasteiger partial charge is 0.323 e. The van der Waals surface area contributed by atoms with Crippen molar-refractivity contribution in [3.05, 3.63) is 65.2 Å². The minimum absolute atomic E-state index is 0.126. The van der Waals surface area contributed by atoms with Gasteiger partial charge in [0.1, 0.15) is 0 Å². The number of nitrogens with two attached hydrogens (primary N) is 1. The van der Waals surface area contributed by atoms with Crippen LogP contribution in [0.2, 0.25) is 0 Å². The molecule has 2 aromatic rings. The van der Waals surface area contributed by atoms with Crippen LogP contribution in [0.15, 0.2) is 53.4 Å². The van der Waals surface area contributed by atoms with Crippen LogP contribution < -0.4 is 5.73 Å². The predicted molar refractivity (Wildman–Crippen MR) is 89.8 cm³/mol. The van der Waals surface area contributed by atoms with Gasteiger partial charge in [-0.1, -0.05) is 43.3 Å². The monoisotopic (exact) mass is 301 g/mol. The molecule has 0 aliphatic heterocycles. The summed E-state index contributed by atoms with van der Waals surface area (Å²) < 4.78 is 12.7. The first-order valence-corrected chi connectivity index (χ1v) is 8.56. The van der Waals surface area contributed by atoms with Crippen molar-refractivity contribution in [3.63, 3.8) is 0 Å². The SMILES string of the molecule is CCc1ccc(C(N)C(C)S(=O)c2cccc(C)c2)cc1. The van der Waals surface area contributed by atoms with Crippen molar-refractivity contribution in [2.24, 2.45) is 5.73 Å². The predicted octanol–water partition coefficient (Wildman–Crippen LogP) is 3.75. The molecule has 0 bridgehead atoms. The number of rotatable bonds is 5. The molecule has 0 aromatic heterocycles. The van der Waals surface area contributed by atoms with Crippen LogP contribution in [0.5, 0.6) is 0 Å².